The van der Waals surface area contributed by atoms with Crippen molar-refractivity contribution in [3.8, 4) is 0 Å². The molecule has 0 radical (unpaired) electrons. The number of aliphatic hydroxyl groups is 1. The Hall–Kier alpha value is -0.580. The maximum atomic E-state index is 12.3. The van der Waals surface area contributed by atoms with Gasteiger partial charge in [0, 0.05) is 34.8 Å². The van der Waals surface area contributed by atoms with Crippen molar-refractivity contribution in [3.05, 3.63) is 33.3 Å². The van der Waals surface area contributed by atoms with Crippen LogP contribution in [0.25, 0.3) is 0 Å². The summed E-state index contributed by atoms with van der Waals surface area (Å²) in [5.74, 6) is 0.342. The zero-order valence-electron chi connectivity index (χ0n) is 9.90. The van der Waals surface area contributed by atoms with Crippen LogP contribution in [0.5, 0.6) is 0 Å². The van der Waals surface area contributed by atoms with E-state index in [1.165, 1.54) is 0 Å². The first-order chi connectivity index (χ1) is 8.60. The maximum absolute atomic E-state index is 12.3. The Bertz CT molecular complexity index is 424. The van der Waals surface area contributed by atoms with Crippen molar-refractivity contribution >= 4 is 33.4 Å². The number of nitrogens with zero attached hydrogens (tertiary/aromatic N) is 1. The number of aliphatic hydroxyl groups excluding tert-OH is 1. The Morgan fingerprint density at radius 2 is 2.06 bits per heavy atom. The van der Waals surface area contributed by atoms with Gasteiger partial charge in [-0.1, -0.05) is 27.5 Å². The molecule has 3 nitrogen and oxygen atoms in total. The van der Waals surface area contributed by atoms with Gasteiger partial charge >= 0.3 is 0 Å². The van der Waals surface area contributed by atoms with Gasteiger partial charge in [-0.25, -0.2) is 0 Å². The van der Waals surface area contributed by atoms with Gasteiger partial charge in [-0.05, 0) is 37.0 Å². The number of hydrogen-bond acceptors (Lipinski definition) is 2. The summed E-state index contributed by atoms with van der Waals surface area (Å²) >= 11 is 9.28. The molecular weight excluding hydrogens is 318 g/mol. The lowest BCUT2D eigenvalue weighted by Crippen LogP contribution is -2.39. The number of carbonyl (C=O) groups excluding carboxylic acids is 1. The predicted octanol–water partition coefficient (Wildman–Crippen LogP) is 2.95. The van der Waals surface area contributed by atoms with Crippen molar-refractivity contribution < 1.29 is 9.90 Å². The van der Waals surface area contributed by atoms with E-state index in [2.05, 4.69) is 15.9 Å². The molecule has 98 valence electrons. The minimum Gasteiger partial charge on any atom is -0.396 e. The summed E-state index contributed by atoms with van der Waals surface area (Å²) in [4.78, 5) is 14.1. The highest BCUT2D eigenvalue weighted by atomic mass is 79.9. The van der Waals surface area contributed by atoms with E-state index in [-0.39, 0.29) is 12.5 Å². The summed E-state index contributed by atoms with van der Waals surface area (Å²) in [7, 11) is 0. The van der Waals surface area contributed by atoms with Crippen molar-refractivity contribution in [2.45, 2.75) is 12.8 Å². The first-order valence-corrected chi connectivity index (χ1v) is 7.13. The fraction of sp³-hybridized carbons (Fsp3) is 0.462. The number of piperidine rings is 1. The fourth-order valence-corrected chi connectivity index (χ4v) is 3.04. The topological polar surface area (TPSA) is 40.5 Å². The highest BCUT2D eigenvalue weighted by Crippen LogP contribution is 2.23. The van der Waals surface area contributed by atoms with E-state index < -0.39 is 0 Å². The Labute approximate surface area is 120 Å². The average molecular weight is 333 g/mol. The molecule has 1 aliphatic heterocycles. The number of likely N-dealkylation sites (tertiary alicyclic amines) is 1. The lowest BCUT2D eigenvalue weighted by atomic mass is 9.97. The van der Waals surface area contributed by atoms with Gasteiger partial charge in [0.15, 0.2) is 0 Å². The highest BCUT2D eigenvalue weighted by Gasteiger charge is 2.23. The SMILES string of the molecule is O=C(c1cc(Cl)cc(Br)c1)N1CCC(CO)CC1. The van der Waals surface area contributed by atoms with Crippen LogP contribution in [0.3, 0.4) is 0 Å². The molecule has 0 bridgehead atoms. The minimum atomic E-state index is 0.00888. The number of rotatable bonds is 2. The lowest BCUT2D eigenvalue weighted by Gasteiger charge is -2.31. The summed E-state index contributed by atoms with van der Waals surface area (Å²) in [5, 5.41) is 9.63. The molecule has 1 N–H and O–H groups in total. The molecule has 1 aromatic carbocycles. The normalized spacial score (nSPS) is 16.9. The molecule has 0 spiro atoms. The Morgan fingerprint density at radius 1 is 1.39 bits per heavy atom. The summed E-state index contributed by atoms with van der Waals surface area (Å²) in [6.45, 7) is 1.62. The fourth-order valence-electron chi connectivity index (χ4n) is 2.18. The molecule has 0 unspecified atom stereocenters. The lowest BCUT2D eigenvalue weighted by molar-refractivity contribution is 0.0651. The third kappa shape index (κ3) is 3.25. The second-order valence-corrected chi connectivity index (χ2v) is 5.93. The van der Waals surface area contributed by atoms with Crippen LogP contribution in [-0.4, -0.2) is 35.6 Å². The third-order valence-corrected chi connectivity index (χ3v) is 3.95. The zero-order valence-corrected chi connectivity index (χ0v) is 12.2. The summed E-state index contributed by atoms with van der Waals surface area (Å²) in [6, 6.07) is 5.23. The van der Waals surface area contributed by atoms with Crippen LogP contribution < -0.4 is 0 Å². The molecule has 2 rings (SSSR count). The van der Waals surface area contributed by atoms with Gasteiger partial charge in [-0.2, -0.15) is 0 Å². The van der Waals surface area contributed by atoms with E-state index in [1.807, 2.05) is 4.90 Å². The van der Waals surface area contributed by atoms with Crippen LogP contribution in [0.15, 0.2) is 22.7 Å². The van der Waals surface area contributed by atoms with Gasteiger partial charge in [-0.3, -0.25) is 4.79 Å². The van der Waals surface area contributed by atoms with Crippen molar-refractivity contribution in [1.82, 2.24) is 4.90 Å². The third-order valence-electron chi connectivity index (χ3n) is 3.27. The Balaban J connectivity index is 2.07. The van der Waals surface area contributed by atoms with Crippen LogP contribution in [-0.2, 0) is 0 Å². The Kier molecular flexibility index (Phi) is 4.65. The van der Waals surface area contributed by atoms with Gasteiger partial charge in [0.25, 0.3) is 5.91 Å². The molecular formula is C13H15BrClNO2. The van der Waals surface area contributed by atoms with Gasteiger partial charge in [0.05, 0.1) is 0 Å². The molecule has 1 fully saturated rings. The van der Waals surface area contributed by atoms with Crippen LogP contribution >= 0.6 is 27.5 Å². The monoisotopic (exact) mass is 331 g/mol. The van der Waals surface area contributed by atoms with E-state index in [0.29, 0.717) is 29.6 Å². The quantitative estimate of drug-likeness (QED) is 0.904. The van der Waals surface area contributed by atoms with Crippen molar-refractivity contribution in [1.29, 1.82) is 0 Å². The summed E-state index contributed by atoms with van der Waals surface area (Å²) < 4.78 is 0.809. The van der Waals surface area contributed by atoms with Crippen molar-refractivity contribution in [2.24, 2.45) is 5.92 Å². The summed E-state index contributed by atoms with van der Waals surface area (Å²) in [5.41, 5.74) is 0.608. The molecule has 1 amide bonds. The molecule has 1 aliphatic rings. The first kappa shape index (κ1) is 13.8. The number of amides is 1. The van der Waals surface area contributed by atoms with Crippen LogP contribution in [0.2, 0.25) is 5.02 Å². The van der Waals surface area contributed by atoms with Crippen molar-refractivity contribution in [2.75, 3.05) is 19.7 Å². The van der Waals surface area contributed by atoms with E-state index >= 15 is 0 Å². The van der Waals surface area contributed by atoms with Crippen LogP contribution in [0.1, 0.15) is 23.2 Å². The average Bonchev–Trinajstić information content (AvgIpc) is 2.37. The van der Waals surface area contributed by atoms with E-state index in [1.54, 1.807) is 18.2 Å². The van der Waals surface area contributed by atoms with Crippen LogP contribution in [0.4, 0.5) is 0 Å². The number of hydrogen-bond donors (Lipinski definition) is 1. The molecule has 1 aromatic rings. The molecule has 5 heteroatoms. The second-order valence-electron chi connectivity index (χ2n) is 4.58. The predicted molar refractivity (Wildman–Crippen MR) is 74.9 cm³/mol. The van der Waals surface area contributed by atoms with Gasteiger partial charge in [0.1, 0.15) is 0 Å². The number of carbonyl (C=O) groups is 1. The van der Waals surface area contributed by atoms with Gasteiger partial charge < -0.3 is 10.0 Å². The summed E-state index contributed by atoms with van der Waals surface area (Å²) in [6.07, 6.45) is 1.73. The molecule has 0 atom stereocenters. The van der Waals surface area contributed by atoms with Crippen molar-refractivity contribution in [3.63, 3.8) is 0 Å². The van der Waals surface area contributed by atoms with Crippen LogP contribution in [0, 0.1) is 5.92 Å². The van der Waals surface area contributed by atoms with E-state index in [4.69, 9.17) is 16.7 Å². The largest absolute Gasteiger partial charge is 0.396 e. The first-order valence-electron chi connectivity index (χ1n) is 5.96. The van der Waals surface area contributed by atoms with E-state index in [0.717, 1.165) is 17.3 Å². The molecule has 1 saturated heterocycles. The number of halogens is 2. The number of benzene rings is 1. The highest BCUT2D eigenvalue weighted by molar-refractivity contribution is 9.10. The molecule has 0 saturated carbocycles. The second kappa shape index (κ2) is 6.04. The van der Waals surface area contributed by atoms with Gasteiger partial charge in [-0.15, -0.1) is 0 Å². The van der Waals surface area contributed by atoms with E-state index in [9.17, 15) is 4.79 Å². The standard InChI is InChI=1S/C13H15BrClNO2/c14-11-5-10(6-12(15)7-11)13(18)16-3-1-9(8-17)2-4-16/h5-7,9,17H,1-4,8H2. The molecule has 0 aliphatic carbocycles. The molecule has 18 heavy (non-hydrogen) atoms. The van der Waals surface area contributed by atoms with Gasteiger partial charge in [0.2, 0.25) is 0 Å². The minimum absolute atomic E-state index is 0.00888. The Morgan fingerprint density at radius 3 is 2.61 bits per heavy atom. The molecule has 0 aromatic heterocycles. The molecule has 1 heterocycles. The zero-order chi connectivity index (χ0) is 13.1. The maximum Gasteiger partial charge on any atom is 0.253 e. The smallest absolute Gasteiger partial charge is 0.253 e.